The van der Waals surface area contributed by atoms with E-state index in [0.717, 1.165) is 18.9 Å². The number of hydrogen-bond donors (Lipinski definition) is 2. The second-order valence-electron chi connectivity index (χ2n) is 8.39. The Bertz CT molecular complexity index is 880. The van der Waals surface area contributed by atoms with Gasteiger partial charge in [0.1, 0.15) is 24.5 Å². The summed E-state index contributed by atoms with van der Waals surface area (Å²) in [4.78, 5) is 27.2. The summed E-state index contributed by atoms with van der Waals surface area (Å²) in [5.41, 5.74) is 0.0189. The number of halogens is 3. The molecule has 1 aromatic carbocycles. The van der Waals surface area contributed by atoms with Gasteiger partial charge in [0.15, 0.2) is 17.3 Å². The number of alkyl halides is 2. The summed E-state index contributed by atoms with van der Waals surface area (Å²) in [6.07, 6.45) is 0.999. The highest BCUT2D eigenvalue weighted by atomic mass is 19.1. The van der Waals surface area contributed by atoms with Crippen molar-refractivity contribution in [3.63, 3.8) is 0 Å². The lowest BCUT2D eigenvalue weighted by Crippen LogP contribution is -2.44. The summed E-state index contributed by atoms with van der Waals surface area (Å²) in [5, 5.41) is 12.7. The molecule has 2 N–H and O–H groups in total. The maximum Gasteiger partial charge on any atom is 0.316 e. The standard InChI is InChI=1S/C21H26F3N3O4/c1-31-20-17-13(19(28)14(21(29)30)9-26(17)5-4-22)6-15(23)18(20)27-8-11(16(24)10-27)7-25-12-2-3-12/h6,11-12,14,16,25H,2-5,7-10H2,1H3,(H,29,30)/t11-,14?,16+/m0/s1. The Kier molecular flexibility index (Phi) is 6.00. The van der Waals surface area contributed by atoms with Gasteiger partial charge in [-0.25, -0.2) is 13.2 Å². The van der Waals surface area contributed by atoms with Crippen LogP contribution in [0.25, 0.3) is 0 Å². The second-order valence-corrected chi connectivity index (χ2v) is 8.39. The molecule has 2 heterocycles. The van der Waals surface area contributed by atoms with Gasteiger partial charge in [-0.1, -0.05) is 0 Å². The van der Waals surface area contributed by atoms with E-state index in [9.17, 15) is 23.5 Å². The van der Waals surface area contributed by atoms with E-state index in [4.69, 9.17) is 4.74 Å². The molecule has 0 amide bonds. The number of ether oxygens (including phenoxy) is 1. The van der Waals surface area contributed by atoms with Crippen molar-refractivity contribution in [2.24, 2.45) is 11.8 Å². The first-order valence-corrected chi connectivity index (χ1v) is 10.5. The van der Waals surface area contributed by atoms with Crippen molar-refractivity contribution >= 4 is 23.1 Å². The molecule has 1 saturated carbocycles. The molecule has 31 heavy (non-hydrogen) atoms. The van der Waals surface area contributed by atoms with Gasteiger partial charge in [-0.2, -0.15) is 0 Å². The first-order valence-electron chi connectivity index (χ1n) is 10.5. The van der Waals surface area contributed by atoms with Gasteiger partial charge in [-0.05, 0) is 18.9 Å². The monoisotopic (exact) mass is 441 g/mol. The number of ketones is 1. The van der Waals surface area contributed by atoms with Crippen molar-refractivity contribution in [2.75, 3.05) is 56.3 Å². The van der Waals surface area contributed by atoms with E-state index >= 15 is 4.39 Å². The Morgan fingerprint density at radius 1 is 1.29 bits per heavy atom. The van der Waals surface area contributed by atoms with Gasteiger partial charge in [0.2, 0.25) is 0 Å². The zero-order valence-electron chi connectivity index (χ0n) is 17.2. The van der Waals surface area contributed by atoms with E-state index in [1.54, 1.807) is 4.90 Å². The molecule has 10 heteroatoms. The van der Waals surface area contributed by atoms with Crippen molar-refractivity contribution in [1.29, 1.82) is 0 Å². The van der Waals surface area contributed by atoms with E-state index in [2.05, 4.69) is 5.32 Å². The molecule has 1 aliphatic carbocycles. The first-order chi connectivity index (χ1) is 14.8. The minimum atomic E-state index is -1.42. The Morgan fingerprint density at radius 2 is 2.03 bits per heavy atom. The van der Waals surface area contributed by atoms with E-state index in [-0.39, 0.29) is 54.8 Å². The number of hydrogen-bond acceptors (Lipinski definition) is 6. The van der Waals surface area contributed by atoms with Gasteiger partial charge in [-0.3, -0.25) is 9.59 Å². The van der Waals surface area contributed by atoms with Gasteiger partial charge in [0.05, 0.1) is 12.8 Å². The summed E-state index contributed by atoms with van der Waals surface area (Å²) in [5.74, 6) is -4.64. The summed E-state index contributed by atoms with van der Waals surface area (Å²) in [6, 6.07) is 1.40. The highest BCUT2D eigenvalue weighted by molar-refractivity contribution is 6.14. The molecule has 2 fully saturated rings. The number of Topliss-reactive ketones (excluding diaryl/α,β-unsaturated/α-hetero) is 1. The number of benzene rings is 1. The molecule has 3 aliphatic rings. The van der Waals surface area contributed by atoms with Crippen LogP contribution >= 0.6 is 0 Å². The summed E-state index contributed by atoms with van der Waals surface area (Å²) in [7, 11) is 1.30. The third kappa shape index (κ3) is 4.05. The third-order valence-corrected chi connectivity index (χ3v) is 6.26. The molecular weight excluding hydrogens is 415 g/mol. The van der Waals surface area contributed by atoms with E-state index < -0.39 is 36.3 Å². The maximum absolute atomic E-state index is 15.2. The Morgan fingerprint density at radius 3 is 2.65 bits per heavy atom. The molecule has 0 bridgehead atoms. The molecule has 7 nitrogen and oxygen atoms in total. The van der Waals surface area contributed by atoms with Crippen molar-refractivity contribution in [3.05, 3.63) is 17.4 Å². The topological polar surface area (TPSA) is 82.1 Å². The highest BCUT2D eigenvalue weighted by Gasteiger charge is 2.42. The van der Waals surface area contributed by atoms with E-state index in [0.29, 0.717) is 12.6 Å². The van der Waals surface area contributed by atoms with Gasteiger partial charge < -0.3 is 25.0 Å². The fourth-order valence-corrected chi connectivity index (χ4v) is 4.49. The lowest BCUT2D eigenvalue weighted by atomic mass is 9.89. The lowest BCUT2D eigenvalue weighted by molar-refractivity contribution is -0.139. The fourth-order valence-electron chi connectivity index (χ4n) is 4.49. The second kappa shape index (κ2) is 8.57. The minimum absolute atomic E-state index is 0.00337. The summed E-state index contributed by atoms with van der Waals surface area (Å²) in [6.45, 7) is -0.484. The Labute approximate surface area is 178 Å². The van der Waals surface area contributed by atoms with Gasteiger partial charge in [-0.15, -0.1) is 0 Å². The van der Waals surface area contributed by atoms with Crippen LogP contribution < -0.4 is 19.9 Å². The van der Waals surface area contributed by atoms with Crippen molar-refractivity contribution in [1.82, 2.24) is 5.32 Å². The quantitative estimate of drug-likeness (QED) is 0.598. The number of fused-ring (bicyclic) bond motifs is 1. The van der Waals surface area contributed by atoms with Crippen LogP contribution in [0.3, 0.4) is 0 Å². The number of aliphatic carboxylic acids is 1. The Balaban J connectivity index is 1.71. The molecule has 1 saturated heterocycles. The van der Waals surface area contributed by atoms with Gasteiger partial charge in [0, 0.05) is 50.2 Å². The number of nitrogens with one attached hydrogen (secondary N) is 1. The molecule has 1 unspecified atom stereocenters. The van der Waals surface area contributed by atoms with Crippen LogP contribution in [-0.4, -0.2) is 75.6 Å². The summed E-state index contributed by atoms with van der Waals surface area (Å²) < 4.78 is 48.6. The van der Waals surface area contributed by atoms with Crippen LogP contribution in [0.1, 0.15) is 23.2 Å². The van der Waals surface area contributed by atoms with Crippen molar-refractivity contribution < 1.29 is 32.6 Å². The number of carbonyl (C=O) groups excluding carboxylic acids is 1. The van der Waals surface area contributed by atoms with Crippen LogP contribution in [0.4, 0.5) is 24.5 Å². The average Bonchev–Trinajstić information content (AvgIpc) is 3.49. The van der Waals surface area contributed by atoms with Crippen LogP contribution in [0.15, 0.2) is 6.07 Å². The van der Waals surface area contributed by atoms with Crippen molar-refractivity contribution in [2.45, 2.75) is 25.1 Å². The normalized spacial score (nSPS) is 25.7. The predicted molar refractivity (Wildman–Crippen MR) is 108 cm³/mol. The zero-order valence-corrected chi connectivity index (χ0v) is 17.2. The molecule has 1 aromatic rings. The molecule has 0 radical (unpaired) electrons. The highest BCUT2D eigenvalue weighted by Crippen LogP contribution is 2.47. The number of nitrogens with zero attached hydrogens (tertiary/aromatic N) is 2. The Hall–Kier alpha value is -2.49. The van der Waals surface area contributed by atoms with E-state index in [1.807, 2.05) is 0 Å². The molecule has 170 valence electrons. The van der Waals surface area contributed by atoms with Crippen LogP contribution in [0.2, 0.25) is 0 Å². The van der Waals surface area contributed by atoms with Gasteiger partial charge >= 0.3 is 5.97 Å². The molecular formula is C21H26F3N3O4. The van der Waals surface area contributed by atoms with Crippen molar-refractivity contribution in [3.8, 4) is 5.75 Å². The average molecular weight is 441 g/mol. The van der Waals surface area contributed by atoms with Crippen LogP contribution in [-0.2, 0) is 4.79 Å². The zero-order chi connectivity index (χ0) is 22.3. The van der Waals surface area contributed by atoms with Gasteiger partial charge in [0.25, 0.3) is 0 Å². The number of rotatable bonds is 8. The molecule has 0 aromatic heterocycles. The number of carboxylic acid groups (broad SMARTS) is 1. The molecule has 0 spiro atoms. The number of methoxy groups -OCH3 is 1. The smallest absolute Gasteiger partial charge is 0.316 e. The number of carbonyl (C=O) groups is 2. The van der Waals surface area contributed by atoms with Crippen LogP contribution in [0.5, 0.6) is 5.75 Å². The first kappa shape index (κ1) is 21.7. The maximum atomic E-state index is 15.2. The molecule has 4 rings (SSSR count). The molecule has 2 aliphatic heterocycles. The SMILES string of the molecule is COc1c(N2C[C@H](CNC3CC3)[C@H](F)C2)c(F)cc2c1N(CCF)CC(C(=O)O)C2=O. The predicted octanol–water partition coefficient (Wildman–Crippen LogP) is 2.03. The number of anilines is 2. The lowest BCUT2D eigenvalue weighted by Gasteiger charge is -2.36. The largest absolute Gasteiger partial charge is 0.492 e. The van der Waals surface area contributed by atoms with Crippen LogP contribution in [0, 0.1) is 17.7 Å². The third-order valence-electron chi connectivity index (χ3n) is 6.26. The van der Waals surface area contributed by atoms with E-state index in [1.165, 1.54) is 12.0 Å². The number of carboxylic acids is 1. The fraction of sp³-hybridized carbons (Fsp3) is 0.619. The summed E-state index contributed by atoms with van der Waals surface area (Å²) >= 11 is 0. The minimum Gasteiger partial charge on any atom is -0.492 e. The molecule has 3 atom stereocenters.